The third-order valence-electron chi connectivity index (χ3n) is 5.79. The van der Waals surface area contributed by atoms with E-state index in [0.717, 1.165) is 72.3 Å². The van der Waals surface area contributed by atoms with Crippen LogP contribution in [0.3, 0.4) is 0 Å². The molecule has 2 N–H and O–H groups in total. The quantitative estimate of drug-likeness (QED) is 0.385. The molecule has 7 nitrogen and oxygen atoms in total. The van der Waals surface area contributed by atoms with Crippen LogP contribution in [-0.4, -0.2) is 35.5 Å². The highest BCUT2D eigenvalue weighted by molar-refractivity contribution is 5.82. The average Bonchev–Trinajstić information content (AvgIpc) is 3.47. The molecule has 0 bridgehead atoms. The van der Waals surface area contributed by atoms with Gasteiger partial charge in [-0.25, -0.2) is 0 Å². The number of hydrogen-bond donors (Lipinski definition) is 2. The van der Waals surface area contributed by atoms with E-state index in [2.05, 4.69) is 64.8 Å². The first-order chi connectivity index (χ1) is 15.8. The van der Waals surface area contributed by atoms with E-state index in [4.69, 9.17) is 5.10 Å². The molecule has 0 aliphatic rings. The van der Waals surface area contributed by atoms with Gasteiger partial charge in [0.15, 0.2) is 0 Å². The van der Waals surface area contributed by atoms with Gasteiger partial charge in [0.2, 0.25) is 5.82 Å². The van der Waals surface area contributed by atoms with Gasteiger partial charge in [0.1, 0.15) is 0 Å². The molecule has 32 heavy (non-hydrogen) atoms. The zero-order chi connectivity index (χ0) is 22.3. The van der Waals surface area contributed by atoms with Crippen molar-refractivity contribution >= 4 is 0 Å². The van der Waals surface area contributed by atoms with Crippen molar-refractivity contribution in [2.75, 3.05) is 0 Å². The third kappa shape index (κ3) is 4.48. The van der Waals surface area contributed by atoms with Crippen molar-refractivity contribution in [3.05, 3.63) is 71.0 Å². The summed E-state index contributed by atoms with van der Waals surface area (Å²) in [7, 11) is 0. The molecule has 0 spiro atoms. The number of nitrogens with one attached hydrogen (secondary N) is 1. The maximum atomic E-state index is 10.2. The normalized spacial score (nSPS) is 11.2. The Morgan fingerprint density at radius 1 is 0.938 bits per heavy atom. The van der Waals surface area contributed by atoms with Gasteiger partial charge >= 0.3 is 0 Å². The lowest BCUT2D eigenvalue weighted by Gasteiger charge is -2.14. The number of rotatable bonds is 10. The van der Waals surface area contributed by atoms with Crippen molar-refractivity contribution in [3.63, 3.8) is 0 Å². The Morgan fingerprint density at radius 3 is 2.38 bits per heavy atom. The van der Waals surface area contributed by atoms with Crippen molar-refractivity contribution < 1.29 is 5.11 Å². The van der Waals surface area contributed by atoms with Gasteiger partial charge in [-0.2, -0.15) is 10.3 Å². The van der Waals surface area contributed by atoms with E-state index in [1.54, 1.807) is 0 Å². The smallest absolute Gasteiger partial charge is 0.205 e. The van der Waals surface area contributed by atoms with Gasteiger partial charge in [-0.1, -0.05) is 68.8 Å². The maximum Gasteiger partial charge on any atom is 0.205 e. The number of aryl methyl sites for hydroxylation is 2. The SMILES string of the molecule is CCCCc1nn(CCC)c(CO)c1Cc1ccccc1-c1ccccc1-c1nn[nH]n1. The number of hydrogen-bond acceptors (Lipinski definition) is 5. The molecule has 7 heteroatoms. The Balaban J connectivity index is 1.79. The second-order valence-electron chi connectivity index (χ2n) is 7.97. The largest absolute Gasteiger partial charge is 0.390 e. The van der Waals surface area contributed by atoms with E-state index in [0.29, 0.717) is 5.82 Å². The van der Waals surface area contributed by atoms with Crippen LogP contribution in [0.4, 0.5) is 0 Å². The molecule has 0 aliphatic carbocycles. The number of aliphatic hydroxyl groups is 1. The van der Waals surface area contributed by atoms with Crippen LogP contribution < -0.4 is 0 Å². The second kappa shape index (κ2) is 10.3. The summed E-state index contributed by atoms with van der Waals surface area (Å²) in [5.74, 6) is 0.575. The van der Waals surface area contributed by atoms with Crippen LogP contribution in [0.15, 0.2) is 48.5 Å². The van der Waals surface area contributed by atoms with Crippen LogP contribution in [0.1, 0.15) is 55.6 Å². The number of unbranched alkanes of at least 4 members (excludes halogenated alkanes) is 1. The summed E-state index contributed by atoms with van der Waals surface area (Å²) >= 11 is 0. The van der Waals surface area contributed by atoms with Crippen LogP contribution in [0.25, 0.3) is 22.5 Å². The summed E-state index contributed by atoms with van der Waals surface area (Å²) in [6, 6.07) is 16.5. The fraction of sp³-hybridized carbons (Fsp3) is 0.360. The molecule has 0 fully saturated rings. The molecule has 0 aliphatic heterocycles. The van der Waals surface area contributed by atoms with E-state index in [1.165, 1.54) is 5.56 Å². The molecule has 2 heterocycles. The fourth-order valence-electron chi connectivity index (χ4n) is 4.23. The van der Waals surface area contributed by atoms with Crippen LogP contribution in [0.2, 0.25) is 0 Å². The van der Waals surface area contributed by atoms with Gasteiger partial charge in [0.05, 0.1) is 18.0 Å². The minimum Gasteiger partial charge on any atom is -0.390 e. The molecule has 4 aromatic rings. The van der Waals surface area contributed by atoms with E-state index >= 15 is 0 Å². The molecular formula is C25H30N6O. The molecule has 0 saturated heterocycles. The number of nitrogens with zero attached hydrogens (tertiary/aromatic N) is 5. The van der Waals surface area contributed by atoms with E-state index < -0.39 is 0 Å². The Bertz CT molecular complexity index is 1150. The highest BCUT2D eigenvalue weighted by Gasteiger charge is 2.20. The number of benzene rings is 2. The van der Waals surface area contributed by atoms with Gasteiger partial charge in [0.25, 0.3) is 0 Å². The summed E-state index contributed by atoms with van der Waals surface area (Å²) < 4.78 is 2.00. The minimum atomic E-state index is -0.00390. The van der Waals surface area contributed by atoms with Crippen molar-refractivity contribution in [3.8, 4) is 22.5 Å². The molecule has 4 rings (SSSR count). The highest BCUT2D eigenvalue weighted by atomic mass is 16.3. The first-order valence-electron chi connectivity index (χ1n) is 11.4. The van der Waals surface area contributed by atoms with E-state index in [1.807, 2.05) is 22.9 Å². The lowest BCUT2D eigenvalue weighted by Crippen LogP contribution is -2.06. The number of tetrazole rings is 1. The number of aromatic nitrogens is 6. The zero-order valence-electron chi connectivity index (χ0n) is 18.8. The average molecular weight is 431 g/mol. The van der Waals surface area contributed by atoms with E-state index in [9.17, 15) is 5.11 Å². The summed E-state index contributed by atoms with van der Waals surface area (Å²) in [5, 5.41) is 29.8. The molecule has 166 valence electrons. The number of H-pyrrole nitrogens is 1. The number of aliphatic hydroxyl groups excluding tert-OH is 1. The molecule has 2 aromatic heterocycles. The molecule has 0 radical (unpaired) electrons. The van der Waals surface area contributed by atoms with Crippen LogP contribution in [0, 0.1) is 0 Å². The Kier molecular flexibility index (Phi) is 7.07. The van der Waals surface area contributed by atoms with Crippen LogP contribution in [-0.2, 0) is 26.0 Å². The lowest BCUT2D eigenvalue weighted by molar-refractivity contribution is 0.266. The lowest BCUT2D eigenvalue weighted by atomic mass is 9.91. The Morgan fingerprint density at radius 2 is 1.69 bits per heavy atom. The van der Waals surface area contributed by atoms with Crippen molar-refractivity contribution in [2.24, 2.45) is 0 Å². The standard InChI is InChI=1S/C25H30N6O/c1-3-5-14-23-22(24(17-32)31(28-23)15-4-2)16-18-10-6-7-11-19(18)20-12-8-9-13-21(20)25-26-29-30-27-25/h6-13,32H,3-5,14-17H2,1-2H3,(H,26,27,29,30). The minimum absolute atomic E-state index is 0.00390. The highest BCUT2D eigenvalue weighted by Crippen LogP contribution is 2.34. The first kappa shape index (κ1) is 21.9. The molecular weight excluding hydrogens is 400 g/mol. The molecule has 2 aromatic carbocycles. The topological polar surface area (TPSA) is 92.5 Å². The molecule has 0 amide bonds. The van der Waals surface area contributed by atoms with Gasteiger partial charge in [-0.15, -0.1) is 10.2 Å². The maximum absolute atomic E-state index is 10.2. The third-order valence-corrected chi connectivity index (χ3v) is 5.79. The zero-order valence-corrected chi connectivity index (χ0v) is 18.8. The van der Waals surface area contributed by atoms with Crippen LogP contribution >= 0.6 is 0 Å². The van der Waals surface area contributed by atoms with Gasteiger partial charge in [-0.3, -0.25) is 4.68 Å². The van der Waals surface area contributed by atoms with Gasteiger partial charge < -0.3 is 5.11 Å². The summed E-state index contributed by atoms with van der Waals surface area (Å²) in [6.07, 6.45) is 4.83. The molecule has 0 unspecified atom stereocenters. The molecule has 0 saturated carbocycles. The predicted molar refractivity (Wildman–Crippen MR) is 125 cm³/mol. The monoisotopic (exact) mass is 430 g/mol. The summed E-state index contributed by atoms with van der Waals surface area (Å²) in [6.45, 7) is 5.14. The second-order valence-corrected chi connectivity index (χ2v) is 7.97. The van der Waals surface area contributed by atoms with Crippen molar-refractivity contribution in [1.82, 2.24) is 30.4 Å². The van der Waals surface area contributed by atoms with Gasteiger partial charge in [-0.05, 0) is 41.2 Å². The summed E-state index contributed by atoms with van der Waals surface area (Å²) in [4.78, 5) is 0. The summed E-state index contributed by atoms with van der Waals surface area (Å²) in [5.41, 5.74) is 7.49. The fourth-order valence-corrected chi connectivity index (χ4v) is 4.23. The van der Waals surface area contributed by atoms with Gasteiger partial charge in [0, 0.05) is 24.1 Å². The Hall–Kier alpha value is -3.32. The van der Waals surface area contributed by atoms with Crippen molar-refractivity contribution in [2.45, 2.75) is 59.1 Å². The Labute approximate surface area is 188 Å². The van der Waals surface area contributed by atoms with Crippen LogP contribution in [0.5, 0.6) is 0 Å². The first-order valence-corrected chi connectivity index (χ1v) is 11.4. The van der Waals surface area contributed by atoms with Crippen molar-refractivity contribution in [1.29, 1.82) is 0 Å². The predicted octanol–water partition coefficient (Wildman–Crippen LogP) is 4.57. The number of aromatic amines is 1. The molecule has 0 atom stereocenters. The van der Waals surface area contributed by atoms with E-state index in [-0.39, 0.29) is 6.61 Å².